The number of benzene rings is 1. The third kappa shape index (κ3) is 4.86. The molecule has 2 aromatic rings. The number of amides is 2. The molecule has 0 saturated carbocycles. The molecular weight excluding hydrogens is 398 g/mol. The minimum absolute atomic E-state index is 0.0187. The standard InChI is InChI=1S/C23H25N3O5/c1-16(27)24-14-20-15-26(23(29)31-20)19-6-2-17(3-7-19)18-4-8-21(22(28)9-5-18)25-10-12-30-13-11-25/h2-9,20H,10-15H2,1H3,(H,24,27)/t20-/m0/s1. The van der Waals surface area contributed by atoms with Crippen LogP contribution >= 0.6 is 0 Å². The number of nitrogens with zero attached hydrogens (tertiary/aromatic N) is 2. The zero-order valence-electron chi connectivity index (χ0n) is 17.4. The summed E-state index contributed by atoms with van der Waals surface area (Å²) in [5.41, 5.74) is 3.23. The van der Waals surface area contributed by atoms with Crippen LogP contribution in [0.2, 0.25) is 0 Å². The normalized spacial score (nSPS) is 18.6. The molecule has 0 aliphatic carbocycles. The van der Waals surface area contributed by atoms with Gasteiger partial charge in [-0.1, -0.05) is 24.3 Å². The van der Waals surface area contributed by atoms with Gasteiger partial charge in [0.2, 0.25) is 11.3 Å². The fraction of sp³-hybridized carbons (Fsp3) is 0.348. The molecule has 2 aliphatic rings. The number of carbonyl (C=O) groups is 2. The van der Waals surface area contributed by atoms with Crippen molar-refractivity contribution in [2.75, 3.05) is 49.2 Å². The van der Waals surface area contributed by atoms with Crippen LogP contribution in [-0.4, -0.2) is 57.5 Å². The zero-order chi connectivity index (χ0) is 21.8. The highest BCUT2D eigenvalue weighted by Crippen LogP contribution is 2.26. The lowest BCUT2D eigenvalue weighted by Crippen LogP contribution is -2.38. The fourth-order valence-corrected chi connectivity index (χ4v) is 3.75. The van der Waals surface area contributed by atoms with Gasteiger partial charge in [0.15, 0.2) is 0 Å². The summed E-state index contributed by atoms with van der Waals surface area (Å²) < 4.78 is 10.7. The lowest BCUT2D eigenvalue weighted by molar-refractivity contribution is -0.119. The second-order valence-electron chi connectivity index (χ2n) is 7.57. The SMILES string of the molecule is CC(=O)NC[C@H]1CN(c2ccc(-c3ccc(N4CCOCC4)c(=O)cc3)cc2)C(=O)O1. The summed E-state index contributed by atoms with van der Waals surface area (Å²) >= 11 is 0. The van der Waals surface area contributed by atoms with Crippen molar-refractivity contribution in [3.8, 4) is 11.1 Å². The Labute approximate surface area is 180 Å². The minimum Gasteiger partial charge on any atom is -0.442 e. The first-order valence-electron chi connectivity index (χ1n) is 10.3. The summed E-state index contributed by atoms with van der Waals surface area (Å²) in [6.07, 6.45) is -0.807. The summed E-state index contributed by atoms with van der Waals surface area (Å²) in [4.78, 5) is 39.4. The van der Waals surface area contributed by atoms with E-state index in [4.69, 9.17) is 9.47 Å². The highest BCUT2D eigenvalue weighted by Gasteiger charge is 2.32. The summed E-state index contributed by atoms with van der Waals surface area (Å²) in [5.74, 6) is -0.159. The lowest BCUT2D eigenvalue weighted by atomic mass is 10.1. The highest BCUT2D eigenvalue weighted by molar-refractivity contribution is 5.90. The molecule has 2 saturated heterocycles. The molecule has 1 atom stereocenters. The molecule has 2 aromatic carbocycles. The smallest absolute Gasteiger partial charge is 0.414 e. The number of cyclic esters (lactones) is 1. The number of nitrogens with one attached hydrogen (secondary N) is 1. The molecule has 0 spiro atoms. The lowest BCUT2D eigenvalue weighted by Gasteiger charge is -2.27. The maximum Gasteiger partial charge on any atom is 0.414 e. The van der Waals surface area contributed by atoms with Gasteiger partial charge in [0.05, 0.1) is 32.0 Å². The Bertz CT molecular complexity index is 1020. The molecule has 0 aromatic heterocycles. The van der Waals surface area contributed by atoms with E-state index in [0.717, 1.165) is 16.8 Å². The number of hydrogen-bond donors (Lipinski definition) is 1. The monoisotopic (exact) mass is 423 g/mol. The topological polar surface area (TPSA) is 88.2 Å². The Kier molecular flexibility index (Phi) is 6.18. The molecule has 8 heteroatoms. The molecule has 0 unspecified atom stereocenters. The molecule has 4 rings (SSSR count). The predicted octanol–water partition coefficient (Wildman–Crippen LogP) is 2.01. The minimum atomic E-state index is -0.430. The van der Waals surface area contributed by atoms with Gasteiger partial charge in [-0.05, 0) is 35.4 Å². The van der Waals surface area contributed by atoms with Crippen molar-refractivity contribution in [1.29, 1.82) is 0 Å². The average Bonchev–Trinajstić information content (AvgIpc) is 3.04. The third-order valence-electron chi connectivity index (χ3n) is 5.40. The maximum absolute atomic E-state index is 12.5. The molecule has 2 amide bonds. The van der Waals surface area contributed by atoms with Crippen molar-refractivity contribution in [3.05, 3.63) is 58.8 Å². The van der Waals surface area contributed by atoms with Crippen molar-refractivity contribution in [1.82, 2.24) is 5.32 Å². The molecule has 1 N–H and O–H groups in total. The van der Waals surface area contributed by atoms with Crippen LogP contribution in [0.1, 0.15) is 6.92 Å². The van der Waals surface area contributed by atoms with Crippen LogP contribution < -0.4 is 20.5 Å². The van der Waals surface area contributed by atoms with Crippen LogP contribution in [-0.2, 0) is 14.3 Å². The van der Waals surface area contributed by atoms with Gasteiger partial charge in [-0.3, -0.25) is 14.5 Å². The number of hydrogen-bond acceptors (Lipinski definition) is 6. The van der Waals surface area contributed by atoms with Gasteiger partial charge in [0, 0.05) is 25.7 Å². The Morgan fingerprint density at radius 2 is 1.65 bits per heavy atom. The Hall–Kier alpha value is -3.39. The van der Waals surface area contributed by atoms with E-state index in [0.29, 0.717) is 45.1 Å². The average molecular weight is 423 g/mol. The summed E-state index contributed by atoms with van der Waals surface area (Å²) in [6, 6.07) is 14.7. The van der Waals surface area contributed by atoms with E-state index in [1.165, 1.54) is 6.92 Å². The number of ether oxygens (including phenoxy) is 2. The van der Waals surface area contributed by atoms with Crippen molar-refractivity contribution >= 4 is 23.4 Å². The molecule has 162 valence electrons. The van der Waals surface area contributed by atoms with E-state index in [1.54, 1.807) is 11.0 Å². The zero-order valence-corrected chi connectivity index (χ0v) is 17.4. The quantitative estimate of drug-likeness (QED) is 0.792. The van der Waals surface area contributed by atoms with Crippen LogP contribution in [0, 0.1) is 0 Å². The Balaban J connectivity index is 1.49. The summed E-state index contributed by atoms with van der Waals surface area (Å²) in [6.45, 7) is 4.75. The van der Waals surface area contributed by atoms with Crippen molar-refractivity contribution in [3.63, 3.8) is 0 Å². The van der Waals surface area contributed by atoms with Crippen molar-refractivity contribution in [2.45, 2.75) is 13.0 Å². The van der Waals surface area contributed by atoms with Crippen LogP contribution in [0.15, 0.2) is 53.3 Å². The van der Waals surface area contributed by atoms with Gasteiger partial charge >= 0.3 is 6.09 Å². The van der Waals surface area contributed by atoms with E-state index < -0.39 is 6.09 Å². The van der Waals surface area contributed by atoms with Gasteiger partial charge in [-0.25, -0.2) is 4.79 Å². The van der Waals surface area contributed by atoms with Gasteiger partial charge < -0.3 is 19.7 Å². The molecule has 8 nitrogen and oxygen atoms in total. The largest absolute Gasteiger partial charge is 0.442 e. The molecule has 31 heavy (non-hydrogen) atoms. The molecule has 0 bridgehead atoms. The Morgan fingerprint density at radius 1 is 1.00 bits per heavy atom. The first-order chi connectivity index (χ1) is 15.0. The molecule has 2 heterocycles. The first kappa shape index (κ1) is 20.9. The van der Waals surface area contributed by atoms with E-state index in [9.17, 15) is 14.4 Å². The Morgan fingerprint density at radius 3 is 2.32 bits per heavy atom. The van der Waals surface area contributed by atoms with E-state index in [2.05, 4.69) is 10.2 Å². The van der Waals surface area contributed by atoms with Crippen LogP contribution in [0.4, 0.5) is 16.2 Å². The van der Waals surface area contributed by atoms with Gasteiger partial charge in [0.1, 0.15) is 6.10 Å². The van der Waals surface area contributed by atoms with Gasteiger partial charge in [0.25, 0.3) is 0 Å². The second-order valence-corrected chi connectivity index (χ2v) is 7.57. The second kappa shape index (κ2) is 9.18. The summed E-state index contributed by atoms with van der Waals surface area (Å²) in [5, 5.41) is 2.67. The predicted molar refractivity (Wildman–Crippen MR) is 117 cm³/mol. The highest BCUT2D eigenvalue weighted by atomic mass is 16.6. The van der Waals surface area contributed by atoms with Crippen LogP contribution in [0.3, 0.4) is 0 Å². The first-order valence-corrected chi connectivity index (χ1v) is 10.3. The molecular formula is C23H25N3O5. The molecule has 0 radical (unpaired) electrons. The van der Waals surface area contributed by atoms with Crippen LogP contribution in [0.5, 0.6) is 0 Å². The molecule has 2 fully saturated rings. The fourth-order valence-electron chi connectivity index (χ4n) is 3.75. The van der Waals surface area contributed by atoms with Gasteiger partial charge in [-0.2, -0.15) is 0 Å². The number of rotatable bonds is 5. The maximum atomic E-state index is 12.5. The van der Waals surface area contributed by atoms with Crippen LogP contribution in [0.25, 0.3) is 11.1 Å². The van der Waals surface area contributed by atoms with Crippen molar-refractivity contribution in [2.24, 2.45) is 0 Å². The number of carbonyl (C=O) groups excluding carboxylic acids is 2. The summed E-state index contributed by atoms with van der Waals surface area (Å²) in [7, 11) is 0. The number of morpholine rings is 1. The third-order valence-corrected chi connectivity index (χ3v) is 5.40. The number of anilines is 2. The van der Waals surface area contributed by atoms with E-state index in [-0.39, 0.29) is 17.4 Å². The molecule has 2 aliphatic heterocycles. The van der Waals surface area contributed by atoms with Crippen molar-refractivity contribution < 1.29 is 19.1 Å². The van der Waals surface area contributed by atoms with E-state index >= 15 is 0 Å². The van der Waals surface area contributed by atoms with E-state index in [1.807, 2.05) is 42.5 Å². The van der Waals surface area contributed by atoms with Gasteiger partial charge in [-0.15, -0.1) is 0 Å².